The Bertz CT molecular complexity index is 352. The summed E-state index contributed by atoms with van der Waals surface area (Å²) in [6.07, 6.45) is -0.558. The van der Waals surface area contributed by atoms with E-state index < -0.39 is 23.3 Å². The van der Waals surface area contributed by atoms with Crippen LogP contribution in [-0.2, 0) is 9.53 Å². The molecule has 0 aromatic rings. The Hall–Kier alpha value is -1.33. The molecule has 0 N–H and O–H groups in total. The fraction of sp³-hybridized carbons (Fsp3) is 0.833. The van der Waals surface area contributed by atoms with Crippen LogP contribution in [0.4, 0.5) is 9.18 Å². The van der Waals surface area contributed by atoms with Crippen LogP contribution in [0, 0.1) is 0 Å². The molecule has 1 aliphatic rings. The molecule has 1 heterocycles. The molecule has 104 valence electrons. The number of likely N-dealkylation sites (tertiary alicyclic amines) is 1. The lowest BCUT2D eigenvalue weighted by molar-refractivity contribution is -0.140. The number of alkyl halides is 1. The quantitative estimate of drug-likeness (QED) is 0.716. The lowest BCUT2D eigenvalue weighted by Gasteiger charge is -2.26. The molecule has 2 amide bonds. The van der Waals surface area contributed by atoms with E-state index in [1.165, 1.54) is 23.9 Å². The maximum Gasteiger partial charge on any atom is 0.410 e. The molecule has 1 saturated heterocycles. The molecule has 0 aromatic carbocycles. The van der Waals surface area contributed by atoms with Gasteiger partial charge in [-0.2, -0.15) is 0 Å². The average molecular weight is 260 g/mol. The Morgan fingerprint density at radius 2 is 1.89 bits per heavy atom. The summed E-state index contributed by atoms with van der Waals surface area (Å²) in [5.74, 6) is -0.603. The van der Waals surface area contributed by atoms with Crippen molar-refractivity contribution in [2.45, 2.75) is 38.5 Å². The highest BCUT2D eigenvalue weighted by Gasteiger charge is 2.48. The van der Waals surface area contributed by atoms with Gasteiger partial charge in [-0.05, 0) is 20.8 Å². The van der Waals surface area contributed by atoms with Crippen LogP contribution in [0.1, 0.15) is 27.2 Å². The number of halogens is 1. The van der Waals surface area contributed by atoms with Gasteiger partial charge in [0.2, 0.25) is 5.67 Å². The van der Waals surface area contributed by atoms with Gasteiger partial charge in [-0.3, -0.25) is 4.79 Å². The predicted molar refractivity (Wildman–Crippen MR) is 65.0 cm³/mol. The molecular weight excluding hydrogens is 239 g/mol. The van der Waals surface area contributed by atoms with Crippen molar-refractivity contribution in [3.8, 4) is 0 Å². The number of ether oxygens (including phenoxy) is 1. The third kappa shape index (κ3) is 3.34. The van der Waals surface area contributed by atoms with Gasteiger partial charge in [-0.15, -0.1) is 0 Å². The SMILES string of the molecule is CN(C)C(=O)C1(F)CCN(C(=O)OC(C)(C)C)C1. The summed E-state index contributed by atoms with van der Waals surface area (Å²) in [5.41, 5.74) is -2.61. The zero-order valence-electron chi connectivity index (χ0n) is 11.6. The summed E-state index contributed by atoms with van der Waals surface area (Å²) in [6.45, 7) is 5.20. The van der Waals surface area contributed by atoms with Crippen LogP contribution in [0.25, 0.3) is 0 Å². The van der Waals surface area contributed by atoms with Crippen molar-refractivity contribution in [1.82, 2.24) is 9.80 Å². The maximum atomic E-state index is 14.4. The molecule has 0 aliphatic carbocycles. The first-order valence-electron chi connectivity index (χ1n) is 5.94. The van der Waals surface area contributed by atoms with Gasteiger partial charge in [-0.25, -0.2) is 9.18 Å². The number of hydrogen-bond acceptors (Lipinski definition) is 3. The topological polar surface area (TPSA) is 49.9 Å². The highest BCUT2D eigenvalue weighted by molar-refractivity contribution is 5.86. The number of nitrogens with zero attached hydrogens (tertiary/aromatic N) is 2. The number of hydrogen-bond donors (Lipinski definition) is 0. The minimum absolute atomic E-state index is 0.0171. The highest BCUT2D eigenvalue weighted by Crippen LogP contribution is 2.28. The van der Waals surface area contributed by atoms with Crippen molar-refractivity contribution in [3.05, 3.63) is 0 Å². The molecule has 0 radical (unpaired) electrons. The zero-order valence-corrected chi connectivity index (χ0v) is 11.6. The number of rotatable bonds is 1. The van der Waals surface area contributed by atoms with E-state index in [1.807, 2.05) is 0 Å². The second-order valence-electron chi connectivity index (χ2n) is 5.82. The Kier molecular flexibility index (Phi) is 3.88. The van der Waals surface area contributed by atoms with Gasteiger partial charge in [0.15, 0.2) is 0 Å². The lowest BCUT2D eigenvalue weighted by Crippen LogP contribution is -2.46. The van der Waals surface area contributed by atoms with Crippen molar-refractivity contribution in [2.24, 2.45) is 0 Å². The van der Waals surface area contributed by atoms with Crippen LogP contribution < -0.4 is 0 Å². The molecular formula is C12H21FN2O3. The first-order chi connectivity index (χ1) is 8.05. The van der Waals surface area contributed by atoms with Gasteiger partial charge in [0.05, 0.1) is 6.54 Å². The van der Waals surface area contributed by atoms with Crippen LogP contribution >= 0.6 is 0 Å². The van der Waals surface area contributed by atoms with E-state index in [-0.39, 0.29) is 19.5 Å². The summed E-state index contributed by atoms with van der Waals surface area (Å²) in [7, 11) is 3.00. The largest absolute Gasteiger partial charge is 0.444 e. The van der Waals surface area contributed by atoms with Gasteiger partial charge >= 0.3 is 6.09 Å². The van der Waals surface area contributed by atoms with Crippen LogP contribution in [0.2, 0.25) is 0 Å². The smallest absolute Gasteiger partial charge is 0.410 e. The Balaban J connectivity index is 2.66. The molecule has 5 nitrogen and oxygen atoms in total. The van der Waals surface area contributed by atoms with Crippen LogP contribution in [-0.4, -0.2) is 60.3 Å². The van der Waals surface area contributed by atoms with Crippen molar-refractivity contribution < 1.29 is 18.7 Å². The third-order valence-corrected chi connectivity index (χ3v) is 2.66. The maximum absolute atomic E-state index is 14.4. The summed E-state index contributed by atoms with van der Waals surface area (Å²) >= 11 is 0. The Morgan fingerprint density at radius 3 is 2.33 bits per heavy atom. The van der Waals surface area contributed by atoms with E-state index in [4.69, 9.17) is 4.74 Å². The lowest BCUT2D eigenvalue weighted by atomic mass is 10.0. The van der Waals surface area contributed by atoms with E-state index >= 15 is 0 Å². The van der Waals surface area contributed by atoms with Crippen molar-refractivity contribution in [1.29, 1.82) is 0 Å². The minimum atomic E-state index is -1.99. The molecule has 0 aromatic heterocycles. The summed E-state index contributed by atoms with van der Waals surface area (Å²) < 4.78 is 19.5. The van der Waals surface area contributed by atoms with Crippen molar-refractivity contribution >= 4 is 12.0 Å². The van der Waals surface area contributed by atoms with Gasteiger partial charge < -0.3 is 14.5 Å². The summed E-state index contributed by atoms with van der Waals surface area (Å²) in [6, 6.07) is 0. The normalized spacial score (nSPS) is 24.0. The molecule has 0 saturated carbocycles. The van der Waals surface area contributed by atoms with Crippen LogP contribution in [0.15, 0.2) is 0 Å². The third-order valence-electron chi connectivity index (χ3n) is 2.66. The summed E-state index contributed by atoms with van der Waals surface area (Å²) in [4.78, 5) is 25.9. The molecule has 0 bridgehead atoms. The first-order valence-corrected chi connectivity index (χ1v) is 5.94. The Morgan fingerprint density at radius 1 is 1.33 bits per heavy atom. The summed E-state index contributed by atoms with van der Waals surface area (Å²) in [5, 5.41) is 0. The number of carbonyl (C=O) groups is 2. The van der Waals surface area contributed by atoms with Gasteiger partial charge in [-0.1, -0.05) is 0 Å². The van der Waals surface area contributed by atoms with Gasteiger partial charge in [0.25, 0.3) is 5.91 Å². The van der Waals surface area contributed by atoms with Gasteiger partial charge in [0.1, 0.15) is 5.60 Å². The van der Waals surface area contributed by atoms with E-state index in [9.17, 15) is 14.0 Å². The first kappa shape index (κ1) is 14.7. The molecule has 0 spiro atoms. The Labute approximate surface area is 107 Å². The number of amides is 2. The van der Waals surface area contributed by atoms with E-state index in [0.717, 1.165) is 0 Å². The zero-order chi connectivity index (χ0) is 14.1. The fourth-order valence-corrected chi connectivity index (χ4v) is 1.83. The van der Waals surface area contributed by atoms with E-state index in [2.05, 4.69) is 0 Å². The van der Waals surface area contributed by atoms with E-state index in [1.54, 1.807) is 20.8 Å². The highest BCUT2D eigenvalue weighted by atomic mass is 19.1. The second-order valence-corrected chi connectivity index (χ2v) is 5.82. The van der Waals surface area contributed by atoms with Crippen LogP contribution in [0.5, 0.6) is 0 Å². The standard InChI is InChI=1S/C12H21FN2O3/c1-11(2,3)18-10(17)15-7-6-12(13,8-15)9(16)14(4)5/h6-8H2,1-5H3. The van der Waals surface area contributed by atoms with Crippen molar-refractivity contribution in [2.75, 3.05) is 27.2 Å². The predicted octanol–water partition coefficient (Wildman–Crippen LogP) is 1.42. The molecule has 6 heteroatoms. The molecule has 18 heavy (non-hydrogen) atoms. The van der Waals surface area contributed by atoms with Crippen LogP contribution in [0.3, 0.4) is 0 Å². The average Bonchev–Trinajstić information content (AvgIpc) is 2.58. The second kappa shape index (κ2) is 4.74. The van der Waals surface area contributed by atoms with E-state index in [0.29, 0.717) is 0 Å². The molecule has 1 atom stereocenters. The molecule has 1 unspecified atom stereocenters. The minimum Gasteiger partial charge on any atom is -0.444 e. The molecule has 1 rings (SSSR count). The van der Waals surface area contributed by atoms with Crippen molar-refractivity contribution in [3.63, 3.8) is 0 Å². The molecule has 1 fully saturated rings. The van der Waals surface area contributed by atoms with Gasteiger partial charge in [0, 0.05) is 27.1 Å². The fourth-order valence-electron chi connectivity index (χ4n) is 1.83. The number of carbonyl (C=O) groups excluding carboxylic acids is 2. The molecule has 1 aliphatic heterocycles. The monoisotopic (exact) mass is 260 g/mol.